The number of nitrogens with one attached hydrogen (secondary N) is 2. The van der Waals surface area contributed by atoms with Crippen LogP contribution in [-0.2, 0) is 19.6 Å². The van der Waals surface area contributed by atoms with Gasteiger partial charge >= 0.3 is 0 Å². The number of carbonyl (C=O) groups excluding carboxylic acids is 1. The Morgan fingerprint density at radius 1 is 1.26 bits per heavy atom. The standard InChI is InChI=1S/C18H25FN2O5S/c19-13-2-1-3-15(10-13)27(24,25)21-16-7-6-14(26-17(16)11-22)8-9-20-18(23)12-4-5-12/h1-3,10,12,14,16-17,21-22H,4-9,11H2,(H,20,23)/t14-,16+,17+/m1/s1. The predicted octanol–water partition coefficient (Wildman–Crippen LogP) is 0.929. The van der Waals surface area contributed by atoms with Crippen molar-refractivity contribution in [3.63, 3.8) is 0 Å². The maximum atomic E-state index is 13.3. The summed E-state index contributed by atoms with van der Waals surface area (Å²) in [6.07, 6.45) is 2.76. The fourth-order valence-electron chi connectivity index (χ4n) is 3.23. The van der Waals surface area contributed by atoms with E-state index >= 15 is 0 Å². The van der Waals surface area contributed by atoms with Gasteiger partial charge in [0.25, 0.3) is 0 Å². The Hall–Kier alpha value is -1.55. The summed E-state index contributed by atoms with van der Waals surface area (Å²) in [6, 6.07) is 4.17. The first kappa shape index (κ1) is 20.2. The minimum absolute atomic E-state index is 0.0743. The van der Waals surface area contributed by atoms with E-state index in [-0.39, 0.29) is 29.4 Å². The number of sulfonamides is 1. The number of rotatable bonds is 8. The van der Waals surface area contributed by atoms with Gasteiger partial charge in [0.05, 0.1) is 29.8 Å². The third kappa shape index (κ3) is 5.47. The number of halogens is 1. The lowest BCUT2D eigenvalue weighted by Crippen LogP contribution is -2.51. The highest BCUT2D eigenvalue weighted by Gasteiger charge is 2.34. The molecule has 27 heavy (non-hydrogen) atoms. The molecule has 1 aliphatic carbocycles. The zero-order chi connectivity index (χ0) is 19.4. The number of hydrogen-bond acceptors (Lipinski definition) is 5. The van der Waals surface area contributed by atoms with Gasteiger partial charge in [0.15, 0.2) is 0 Å². The van der Waals surface area contributed by atoms with E-state index < -0.39 is 28.0 Å². The molecule has 1 saturated heterocycles. The van der Waals surface area contributed by atoms with Crippen LogP contribution in [0.4, 0.5) is 4.39 Å². The summed E-state index contributed by atoms with van der Waals surface area (Å²) in [6.45, 7) is 0.166. The molecular weight excluding hydrogens is 375 g/mol. The summed E-state index contributed by atoms with van der Waals surface area (Å²) in [7, 11) is -3.91. The van der Waals surface area contributed by atoms with Crippen LogP contribution in [0.3, 0.4) is 0 Å². The van der Waals surface area contributed by atoms with Crippen molar-refractivity contribution in [1.29, 1.82) is 0 Å². The first-order valence-corrected chi connectivity index (χ1v) is 10.7. The second kappa shape index (κ2) is 8.64. The zero-order valence-electron chi connectivity index (χ0n) is 14.9. The molecule has 3 rings (SSSR count). The van der Waals surface area contributed by atoms with Crippen LogP contribution >= 0.6 is 0 Å². The molecule has 0 unspecified atom stereocenters. The molecular formula is C18H25FN2O5S. The average molecular weight is 400 g/mol. The Kier molecular flexibility index (Phi) is 6.46. The number of amides is 1. The summed E-state index contributed by atoms with van der Waals surface area (Å²) in [4.78, 5) is 11.5. The molecule has 3 atom stereocenters. The number of ether oxygens (including phenoxy) is 1. The summed E-state index contributed by atoms with van der Waals surface area (Å²) in [5.74, 6) is -0.404. The number of aliphatic hydroxyl groups excluding tert-OH is 1. The lowest BCUT2D eigenvalue weighted by molar-refractivity contribution is -0.122. The van der Waals surface area contributed by atoms with E-state index in [9.17, 15) is 22.7 Å². The first-order valence-electron chi connectivity index (χ1n) is 9.21. The van der Waals surface area contributed by atoms with E-state index in [4.69, 9.17) is 4.74 Å². The molecule has 2 aliphatic rings. The van der Waals surface area contributed by atoms with Crippen LogP contribution in [-0.4, -0.2) is 50.8 Å². The minimum atomic E-state index is -3.91. The summed E-state index contributed by atoms with van der Waals surface area (Å²) in [5, 5.41) is 12.5. The second-order valence-electron chi connectivity index (χ2n) is 7.10. The summed E-state index contributed by atoms with van der Waals surface area (Å²) in [5.41, 5.74) is 0. The third-order valence-corrected chi connectivity index (χ3v) is 6.41. The largest absolute Gasteiger partial charge is 0.394 e. The highest BCUT2D eigenvalue weighted by Crippen LogP contribution is 2.29. The van der Waals surface area contributed by atoms with E-state index in [1.807, 2.05) is 0 Å². The van der Waals surface area contributed by atoms with Crippen LogP contribution in [0.5, 0.6) is 0 Å². The van der Waals surface area contributed by atoms with Gasteiger partial charge in [-0.1, -0.05) is 6.07 Å². The van der Waals surface area contributed by atoms with Crippen molar-refractivity contribution in [3.05, 3.63) is 30.1 Å². The van der Waals surface area contributed by atoms with Crippen molar-refractivity contribution in [2.24, 2.45) is 5.92 Å². The minimum Gasteiger partial charge on any atom is -0.394 e. The lowest BCUT2D eigenvalue weighted by atomic mass is 9.98. The van der Waals surface area contributed by atoms with Gasteiger partial charge in [0.2, 0.25) is 15.9 Å². The van der Waals surface area contributed by atoms with E-state index in [0.717, 1.165) is 18.9 Å². The molecule has 150 valence electrons. The second-order valence-corrected chi connectivity index (χ2v) is 8.81. The highest BCUT2D eigenvalue weighted by molar-refractivity contribution is 7.89. The molecule has 0 bridgehead atoms. The molecule has 1 aromatic rings. The number of hydrogen-bond donors (Lipinski definition) is 3. The average Bonchev–Trinajstić information content (AvgIpc) is 3.48. The molecule has 3 N–H and O–H groups in total. The van der Waals surface area contributed by atoms with Crippen LogP contribution < -0.4 is 10.0 Å². The van der Waals surface area contributed by atoms with E-state index in [0.29, 0.717) is 25.8 Å². The predicted molar refractivity (Wildman–Crippen MR) is 95.8 cm³/mol. The van der Waals surface area contributed by atoms with Gasteiger partial charge in [-0.15, -0.1) is 0 Å². The fraction of sp³-hybridized carbons (Fsp3) is 0.611. The third-order valence-electron chi connectivity index (χ3n) is 4.92. The highest BCUT2D eigenvalue weighted by atomic mass is 32.2. The Balaban J connectivity index is 1.52. The van der Waals surface area contributed by atoms with Gasteiger partial charge in [0.1, 0.15) is 5.82 Å². The molecule has 0 aromatic heterocycles. The monoisotopic (exact) mass is 400 g/mol. The fourth-order valence-corrected chi connectivity index (χ4v) is 4.56. The van der Waals surface area contributed by atoms with E-state index in [2.05, 4.69) is 10.0 Å². The SMILES string of the molecule is O=C(NCC[C@H]1CC[C@H](NS(=O)(=O)c2cccc(F)c2)[C@H](CO)O1)C1CC1. The van der Waals surface area contributed by atoms with Crippen molar-refractivity contribution in [1.82, 2.24) is 10.0 Å². The molecule has 0 spiro atoms. The van der Waals surface area contributed by atoms with E-state index in [1.165, 1.54) is 18.2 Å². The van der Waals surface area contributed by atoms with Gasteiger partial charge in [-0.25, -0.2) is 17.5 Å². The van der Waals surface area contributed by atoms with Crippen LogP contribution in [0.25, 0.3) is 0 Å². The number of aliphatic hydroxyl groups is 1. The van der Waals surface area contributed by atoms with Crippen LogP contribution in [0.15, 0.2) is 29.2 Å². The molecule has 9 heteroatoms. The topological polar surface area (TPSA) is 105 Å². The van der Waals surface area contributed by atoms with Gasteiger partial charge < -0.3 is 15.2 Å². The molecule has 2 fully saturated rings. The maximum absolute atomic E-state index is 13.3. The van der Waals surface area contributed by atoms with Gasteiger partial charge in [-0.3, -0.25) is 4.79 Å². The van der Waals surface area contributed by atoms with Crippen molar-refractivity contribution < 1.29 is 27.4 Å². The van der Waals surface area contributed by atoms with Crippen molar-refractivity contribution >= 4 is 15.9 Å². The zero-order valence-corrected chi connectivity index (χ0v) is 15.8. The lowest BCUT2D eigenvalue weighted by Gasteiger charge is -2.36. The van der Waals surface area contributed by atoms with Gasteiger partial charge in [-0.05, 0) is 50.3 Å². The Morgan fingerprint density at radius 3 is 2.70 bits per heavy atom. The Bertz CT molecular complexity index is 769. The molecule has 1 saturated carbocycles. The van der Waals surface area contributed by atoms with Gasteiger partial charge in [-0.2, -0.15) is 0 Å². The Labute approximate surface area is 158 Å². The summed E-state index contributed by atoms with van der Waals surface area (Å²) >= 11 is 0. The molecule has 1 heterocycles. The van der Waals surface area contributed by atoms with Crippen LogP contribution in [0.2, 0.25) is 0 Å². The number of benzene rings is 1. The molecule has 1 aromatic carbocycles. The van der Waals surface area contributed by atoms with Crippen molar-refractivity contribution in [2.75, 3.05) is 13.2 Å². The quantitative estimate of drug-likeness (QED) is 0.602. The summed E-state index contributed by atoms with van der Waals surface area (Å²) < 4.78 is 46.5. The number of carbonyl (C=O) groups is 1. The van der Waals surface area contributed by atoms with Crippen LogP contribution in [0, 0.1) is 11.7 Å². The molecule has 0 radical (unpaired) electrons. The molecule has 1 amide bonds. The Morgan fingerprint density at radius 2 is 2.04 bits per heavy atom. The first-order chi connectivity index (χ1) is 12.9. The normalized spacial score (nSPS) is 25.9. The molecule has 1 aliphatic heterocycles. The maximum Gasteiger partial charge on any atom is 0.241 e. The molecule has 7 nitrogen and oxygen atoms in total. The van der Waals surface area contributed by atoms with Crippen LogP contribution in [0.1, 0.15) is 32.1 Å². The van der Waals surface area contributed by atoms with Crippen molar-refractivity contribution in [2.45, 2.75) is 55.2 Å². The van der Waals surface area contributed by atoms with E-state index in [1.54, 1.807) is 0 Å². The van der Waals surface area contributed by atoms with Gasteiger partial charge in [0, 0.05) is 12.5 Å². The van der Waals surface area contributed by atoms with Crippen molar-refractivity contribution in [3.8, 4) is 0 Å². The smallest absolute Gasteiger partial charge is 0.241 e.